The molecule has 0 spiro atoms. The van der Waals surface area contributed by atoms with E-state index < -0.39 is 0 Å². The van der Waals surface area contributed by atoms with E-state index in [2.05, 4.69) is 22.5 Å². The Bertz CT molecular complexity index is 611. The van der Waals surface area contributed by atoms with Gasteiger partial charge in [0.05, 0.1) is 23.8 Å². The number of nitrogens with zero attached hydrogens (tertiary/aromatic N) is 2. The maximum absolute atomic E-state index is 12.3. The van der Waals surface area contributed by atoms with Crippen molar-refractivity contribution in [2.75, 3.05) is 11.9 Å². The highest BCUT2D eigenvalue weighted by atomic mass is 16.2. The third-order valence-electron chi connectivity index (χ3n) is 4.26. The van der Waals surface area contributed by atoms with Crippen LogP contribution in [-0.4, -0.2) is 22.2 Å². The first kappa shape index (κ1) is 13.8. The summed E-state index contributed by atoms with van der Waals surface area (Å²) in [6, 6.07) is 10.1. The number of carbonyl (C=O) groups excluding carboxylic acids is 1. The molecule has 1 amide bonds. The zero-order chi connectivity index (χ0) is 14.7. The highest BCUT2D eigenvalue weighted by Gasteiger charge is 2.42. The van der Waals surface area contributed by atoms with Crippen LogP contribution in [0.3, 0.4) is 0 Å². The van der Waals surface area contributed by atoms with Crippen LogP contribution in [0.4, 0.5) is 5.69 Å². The highest BCUT2D eigenvalue weighted by Crippen LogP contribution is 2.40. The summed E-state index contributed by atoms with van der Waals surface area (Å²) in [6.45, 7) is 1.11. The molecule has 1 aromatic carbocycles. The van der Waals surface area contributed by atoms with Gasteiger partial charge in [-0.2, -0.15) is 5.10 Å². The molecule has 0 saturated heterocycles. The molecule has 3 rings (SSSR count). The van der Waals surface area contributed by atoms with Crippen molar-refractivity contribution in [2.24, 2.45) is 11.1 Å². The minimum atomic E-state index is -0.360. The molecule has 0 aliphatic heterocycles. The molecule has 1 aliphatic rings. The number of nitrogens with one attached hydrogen (secondary N) is 1. The molecule has 21 heavy (non-hydrogen) atoms. The molecule has 1 fully saturated rings. The van der Waals surface area contributed by atoms with Gasteiger partial charge in [-0.05, 0) is 18.4 Å². The van der Waals surface area contributed by atoms with Gasteiger partial charge in [-0.3, -0.25) is 9.48 Å². The summed E-state index contributed by atoms with van der Waals surface area (Å²) in [5.74, 6) is 0.0236. The summed E-state index contributed by atoms with van der Waals surface area (Å²) in [6.07, 6.45) is 6.39. The van der Waals surface area contributed by atoms with Crippen LogP contribution in [-0.2, 0) is 11.3 Å². The number of aromatic nitrogens is 2. The van der Waals surface area contributed by atoms with Crippen molar-refractivity contribution in [1.82, 2.24) is 9.78 Å². The Morgan fingerprint density at radius 2 is 2.10 bits per heavy atom. The van der Waals surface area contributed by atoms with Gasteiger partial charge in [0, 0.05) is 12.7 Å². The number of hydrogen-bond donors (Lipinski definition) is 2. The summed E-state index contributed by atoms with van der Waals surface area (Å²) in [5.41, 5.74) is 7.30. The number of benzene rings is 1. The molecule has 110 valence electrons. The molecule has 5 heteroatoms. The molecule has 5 nitrogen and oxygen atoms in total. The summed E-state index contributed by atoms with van der Waals surface area (Å²) < 4.78 is 1.82. The van der Waals surface area contributed by atoms with Crippen molar-refractivity contribution in [2.45, 2.75) is 25.8 Å². The van der Waals surface area contributed by atoms with E-state index in [1.807, 2.05) is 29.1 Å². The summed E-state index contributed by atoms with van der Waals surface area (Å²) in [5, 5.41) is 7.23. The van der Waals surface area contributed by atoms with Crippen LogP contribution in [0.2, 0.25) is 0 Å². The van der Waals surface area contributed by atoms with Crippen molar-refractivity contribution >= 4 is 11.6 Å². The zero-order valence-corrected chi connectivity index (χ0v) is 12.0. The number of anilines is 1. The van der Waals surface area contributed by atoms with Crippen molar-refractivity contribution < 1.29 is 4.79 Å². The van der Waals surface area contributed by atoms with Gasteiger partial charge in [0.1, 0.15) is 0 Å². The van der Waals surface area contributed by atoms with Crippen LogP contribution in [0, 0.1) is 5.41 Å². The lowest BCUT2D eigenvalue weighted by Gasteiger charge is -2.38. The fraction of sp³-hybridized carbons (Fsp3) is 0.375. The average Bonchev–Trinajstić information content (AvgIpc) is 2.86. The molecular formula is C16H20N4O. The van der Waals surface area contributed by atoms with Gasteiger partial charge in [-0.15, -0.1) is 0 Å². The SMILES string of the molecule is NCC1(C(=O)Nc2cnn(Cc3ccccc3)c2)CCC1. The van der Waals surface area contributed by atoms with Crippen molar-refractivity contribution in [3.05, 3.63) is 48.3 Å². The molecular weight excluding hydrogens is 264 g/mol. The van der Waals surface area contributed by atoms with Gasteiger partial charge in [0.25, 0.3) is 0 Å². The quantitative estimate of drug-likeness (QED) is 0.882. The maximum atomic E-state index is 12.3. The van der Waals surface area contributed by atoms with E-state index in [-0.39, 0.29) is 11.3 Å². The van der Waals surface area contributed by atoms with Crippen LogP contribution in [0.15, 0.2) is 42.7 Å². The molecule has 1 heterocycles. The van der Waals surface area contributed by atoms with Crippen LogP contribution >= 0.6 is 0 Å². The zero-order valence-electron chi connectivity index (χ0n) is 12.0. The van der Waals surface area contributed by atoms with Gasteiger partial charge in [0.15, 0.2) is 0 Å². The smallest absolute Gasteiger partial charge is 0.231 e. The second-order valence-electron chi connectivity index (χ2n) is 5.70. The fourth-order valence-electron chi connectivity index (χ4n) is 2.68. The lowest BCUT2D eigenvalue weighted by atomic mass is 9.68. The molecule has 0 atom stereocenters. The van der Waals surface area contributed by atoms with E-state index in [0.29, 0.717) is 13.1 Å². The van der Waals surface area contributed by atoms with Gasteiger partial charge in [0.2, 0.25) is 5.91 Å². The molecule has 2 aromatic rings. The molecule has 3 N–H and O–H groups in total. The first-order valence-electron chi connectivity index (χ1n) is 7.30. The lowest BCUT2D eigenvalue weighted by Crippen LogP contribution is -2.47. The molecule has 1 aliphatic carbocycles. The minimum Gasteiger partial charge on any atom is -0.329 e. The topological polar surface area (TPSA) is 72.9 Å². The molecule has 1 saturated carbocycles. The third kappa shape index (κ3) is 2.83. The van der Waals surface area contributed by atoms with E-state index in [1.165, 1.54) is 5.56 Å². The van der Waals surface area contributed by atoms with E-state index in [1.54, 1.807) is 6.20 Å². The van der Waals surface area contributed by atoms with Gasteiger partial charge < -0.3 is 11.1 Å². The van der Waals surface area contributed by atoms with Gasteiger partial charge in [-0.25, -0.2) is 0 Å². The van der Waals surface area contributed by atoms with Crippen molar-refractivity contribution in [3.63, 3.8) is 0 Å². The minimum absolute atomic E-state index is 0.0236. The number of hydrogen-bond acceptors (Lipinski definition) is 3. The van der Waals surface area contributed by atoms with Crippen LogP contribution in [0.1, 0.15) is 24.8 Å². The summed E-state index contributed by atoms with van der Waals surface area (Å²) in [7, 11) is 0. The van der Waals surface area contributed by atoms with Gasteiger partial charge >= 0.3 is 0 Å². The van der Waals surface area contributed by atoms with Crippen LogP contribution < -0.4 is 11.1 Å². The van der Waals surface area contributed by atoms with E-state index in [9.17, 15) is 4.79 Å². The number of nitrogens with two attached hydrogens (primary N) is 1. The second-order valence-corrected chi connectivity index (χ2v) is 5.70. The van der Waals surface area contributed by atoms with Crippen LogP contribution in [0.5, 0.6) is 0 Å². The highest BCUT2D eigenvalue weighted by molar-refractivity contribution is 5.95. The standard InChI is InChI=1S/C16H20N4O/c17-12-16(7-4-8-16)15(21)19-14-9-18-20(11-14)10-13-5-2-1-3-6-13/h1-3,5-6,9,11H,4,7-8,10,12,17H2,(H,19,21). The second kappa shape index (κ2) is 5.69. The lowest BCUT2D eigenvalue weighted by molar-refractivity contribution is -0.129. The van der Waals surface area contributed by atoms with E-state index >= 15 is 0 Å². The predicted molar refractivity (Wildman–Crippen MR) is 81.7 cm³/mol. The normalized spacial score (nSPS) is 16.2. The average molecular weight is 284 g/mol. The largest absolute Gasteiger partial charge is 0.329 e. The molecule has 0 bridgehead atoms. The fourth-order valence-corrected chi connectivity index (χ4v) is 2.68. The first-order chi connectivity index (χ1) is 10.2. The summed E-state index contributed by atoms with van der Waals surface area (Å²) >= 11 is 0. The van der Waals surface area contributed by atoms with E-state index in [0.717, 1.165) is 24.9 Å². The molecule has 0 radical (unpaired) electrons. The monoisotopic (exact) mass is 284 g/mol. The Hall–Kier alpha value is -2.14. The Kier molecular flexibility index (Phi) is 3.75. The number of rotatable bonds is 5. The van der Waals surface area contributed by atoms with Gasteiger partial charge in [-0.1, -0.05) is 36.8 Å². The molecule has 1 aromatic heterocycles. The Balaban J connectivity index is 1.64. The van der Waals surface area contributed by atoms with Crippen LogP contribution in [0.25, 0.3) is 0 Å². The Morgan fingerprint density at radius 1 is 1.33 bits per heavy atom. The Morgan fingerprint density at radius 3 is 2.71 bits per heavy atom. The molecule has 0 unspecified atom stereocenters. The Labute approximate surface area is 124 Å². The van der Waals surface area contributed by atoms with Crippen molar-refractivity contribution in [1.29, 1.82) is 0 Å². The number of carbonyl (C=O) groups is 1. The van der Waals surface area contributed by atoms with E-state index in [4.69, 9.17) is 5.73 Å². The predicted octanol–water partition coefficient (Wildman–Crippen LogP) is 2.00. The first-order valence-corrected chi connectivity index (χ1v) is 7.30. The summed E-state index contributed by atoms with van der Waals surface area (Å²) in [4.78, 5) is 12.3. The maximum Gasteiger partial charge on any atom is 0.231 e. The van der Waals surface area contributed by atoms with Crippen molar-refractivity contribution in [3.8, 4) is 0 Å². The number of amides is 1. The third-order valence-corrected chi connectivity index (χ3v) is 4.26.